The predicted molar refractivity (Wildman–Crippen MR) is 82.7 cm³/mol. The van der Waals surface area contributed by atoms with Gasteiger partial charge in [-0.25, -0.2) is 0 Å². The number of para-hydroxylation sites is 2. The molecule has 1 aromatic carbocycles. The summed E-state index contributed by atoms with van der Waals surface area (Å²) < 4.78 is 10.7. The molecule has 1 fully saturated rings. The van der Waals surface area contributed by atoms with Crippen LogP contribution in [-0.4, -0.2) is 39.3 Å². The molecule has 0 radical (unpaired) electrons. The van der Waals surface area contributed by atoms with E-state index in [-0.39, 0.29) is 11.8 Å². The summed E-state index contributed by atoms with van der Waals surface area (Å²) in [5.74, 6) is 0.896. The molecule has 5 nitrogen and oxygen atoms in total. The Kier molecular flexibility index (Phi) is 6.50. The molecule has 0 atom stereocenters. The van der Waals surface area contributed by atoms with Gasteiger partial charge in [0.1, 0.15) is 5.75 Å². The molecule has 1 amide bonds. The first-order valence-electron chi connectivity index (χ1n) is 7.53. The van der Waals surface area contributed by atoms with Crippen LogP contribution in [0.4, 0.5) is 5.69 Å². The highest BCUT2D eigenvalue weighted by atomic mass is 16.5. The first-order chi connectivity index (χ1) is 10.3. The molecule has 21 heavy (non-hydrogen) atoms. The summed E-state index contributed by atoms with van der Waals surface area (Å²) in [6.45, 7) is 3.07. The zero-order chi connectivity index (χ0) is 14.9. The fraction of sp³-hybridized carbons (Fsp3) is 0.562. The van der Waals surface area contributed by atoms with Gasteiger partial charge in [0.15, 0.2) is 0 Å². The number of methoxy groups -OCH3 is 1. The maximum atomic E-state index is 12.3. The van der Waals surface area contributed by atoms with Crippen molar-refractivity contribution < 1.29 is 14.3 Å². The first kappa shape index (κ1) is 15.8. The van der Waals surface area contributed by atoms with Crippen molar-refractivity contribution >= 4 is 11.6 Å². The maximum Gasteiger partial charge on any atom is 0.227 e. The minimum atomic E-state index is 0.0874. The van der Waals surface area contributed by atoms with Gasteiger partial charge >= 0.3 is 0 Å². The number of amides is 1. The Morgan fingerprint density at radius 3 is 2.81 bits per heavy atom. The van der Waals surface area contributed by atoms with E-state index in [2.05, 4.69) is 10.6 Å². The normalized spacial score (nSPS) is 15.7. The van der Waals surface area contributed by atoms with Crippen molar-refractivity contribution in [3.8, 4) is 5.75 Å². The van der Waals surface area contributed by atoms with Crippen molar-refractivity contribution in [1.82, 2.24) is 5.32 Å². The lowest BCUT2D eigenvalue weighted by atomic mass is 9.97. The van der Waals surface area contributed by atoms with Crippen LogP contribution in [0.1, 0.15) is 19.3 Å². The SMILES string of the molecule is COCCCOc1ccccc1NC(=O)C1CCNCC1. The topological polar surface area (TPSA) is 59.6 Å². The Morgan fingerprint density at radius 1 is 1.29 bits per heavy atom. The zero-order valence-electron chi connectivity index (χ0n) is 12.6. The molecule has 116 valence electrons. The molecule has 0 aliphatic carbocycles. The summed E-state index contributed by atoms with van der Waals surface area (Å²) in [5, 5.41) is 6.27. The van der Waals surface area contributed by atoms with E-state index in [1.807, 2.05) is 24.3 Å². The van der Waals surface area contributed by atoms with Gasteiger partial charge in [0.05, 0.1) is 12.3 Å². The smallest absolute Gasteiger partial charge is 0.227 e. The highest BCUT2D eigenvalue weighted by molar-refractivity contribution is 5.94. The Hall–Kier alpha value is -1.59. The number of benzene rings is 1. The summed E-state index contributed by atoms with van der Waals surface area (Å²) in [7, 11) is 1.67. The molecule has 2 rings (SSSR count). The van der Waals surface area contributed by atoms with Crippen LogP contribution < -0.4 is 15.4 Å². The molecule has 0 spiro atoms. The zero-order valence-corrected chi connectivity index (χ0v) is 12.6. The average Bonchev–Trinajstić information content (AvgIpc) is 2.54. The Bertz CT molecular complexity index is 445. The second-order valence-electron chi connectivity index (χ2n) is 5.20. The number of ether oxygens (including phenoxy) is 2. The Morgan fingerprint density at radius 2 is 2.05 bits per heavy atom. The van der Waals surface area contributed by atoms with E-state index in [0.29, 0.717) is 13.2 Å². The van der Waals surface area contributed by atoms with Crippen LogP contribution in [0.3, 0.4) is 0 Å². The fourth-order valence-corrected chi connectivity index (χ4v) is 2.40. The number of hydrogen-bond acceptors (Lipinski definition) is 4. The van der Waals surface area contributed by atoms with Gasteiger partial charge < -0.3 is 20.1 Å². The summed E-state index contributed by atoms with van der Waals surface area (Å²) in [6, 6.07) is 7.57. The van der Waals surface area contributed by atoms with Crippen LogP contribution in [-0.2, 0) is 9.53 Å². The maximum absolute atomic E-state index is 12.3. The van der Waals surface area contributed by atoms with E-state index in [1.165, 1.54) is 0 Å². The minimum absolute atomic E-state index is 0.0874. The third-order valence-electron chi connectivity index (χ3n) is 3.61. The van der Waals surface area contributed by atoms with Gasteiger partial charge in [0.2, 0.25) is 5.91 Å². The van der Waals surface area contributed by atoms with Crippen LogP contribution in [0.5, 0.6) is 5.75 Å². The Balaban J connectivity index is 1.90. The van der Waals surface area contributed by atoms with E-state index >= 15 is 0 Å². The fourth-order valence-electron chi connectivity index (χ4n) is 2.40. The van der Waals surface area contributed by atoms with Crippen LogP contribution in [0.25, 0.3) is 0 Å². The second kappa shape index (κ2) is 8.64. The number of carbonyl (C=O) groups is 1. The Labute approximate surface area is 126 Å². The van der Waals surface area contributed by atoms with Gasteiger partial charge in [-0.2, -0.15) is 0 Å². The van der Waals surface area contributed by atoms with Crippen LogP contribution in [0.15, 0.2) is 24.3 Å². The molecule has 0 aromatic heterocycles. The molecule has 5 heteroatoms. The van der Waals surface area contributed by atoms with Crippen molar-refractivity contribution in [2.45, 2.75) is 19.3 Å². The largest absolute Gasteiger partial charge is 0.491 e. The quantitative estimate of drug-likeness (QED) is 0.755. The third-order valence-corrected chi connectivity index (χ3v) is 3.61. The van der Waals surface area contributed by atoms with Gasteiger partial charge in [-0.1, -0.05) is 12.1 Å². The average molecular weight is 292 g/mol. The van der Waals surface area contributed by atoms with E-state index in [1.54, 1.807) is 7.11 Å². The molecule has 1 saturated heterocycles. The molecule has 0 saturated carbocycles. The molecule has 0 bridgehead atoms. The van der Waals surface area contributed by atoms with Gasteiger partial charge in [0, 0.05) is 26.1 Å². The number of piperidine rings is 1. The summed E-state index contributed by atoms with van der Waals surface area (Å²) >= 11 is 0. The van der Waals surface area contributed by atoms with Gasteiger partial charge in [-0.3, -0.25) is 4.79 Å². The molecule has 1 heterocycles. The molecule has 2 N–H and O–H groups in total. The highest BCUT2D eigenvalue weighted by Crippen LogP contribution is 2.25. The predicted octanol–water partition coefficient (Wildman–Crippen LogP) is 2.04. The van der Waals surface area contributed by atoms with Crippen LogP contribution in [0, 0.1) is 5.92 Å². The van der Waals surface area contributed by atoms with E-state index in [9.17, 15) is 4.79 Å². The highest BCUT2D eigenvalue weighted by Gasteiger charge is 2.21. The molecule has 1 aliphatic rings. The van der Waals surface area contributed by atoms with Crippen molar-refractivity contribution in [3.63, 3.8) is 0 Å². The van der Waals surface area contributed by atoms with Gasteiger partial charge in [0.25, 0.3) is 0 Å². The lowest BCUT2D eigenvalue weighted by Crippen LogP contribution is -2.34. The molecular formula is C16H24N2O3. The molecular weight excluding hydrogens is 268 g/mol. The standard InChI is InChI=1S/C16H24N2O3/c1-20-11-4-12-21-15-6-3-2-5-14(15)18-16(19)13-7-9-17-10-8-13/h2-3,5-6,13,17H,4,7-12H2,1H3,(H,18,19). The number of anilines is 1. The second-order valence-corrected chi connectivity index (χ2v) is 5.20. The van der Waals surface area contributed by atoms with E-state index < -0.39 is 0 Å². The van der Waals surface area contributed by atoms with Gasteiger partial charge in [-0.05, 0) is 38.1 Å². The monoisotopic (exact) mass is 292 g/mol. The lowest BCUT2D eigenvalue weighted by Gasteiger charge is -2.22. The number of carbonyl (C=O) groups excluding carboxylic acids is 1. The number of rotatable bonds is 7. The number of hydrogen-bond donors (Lipinski definition) is 2. The van der Waals surface area contributed by atoms with E-state index in [4.69, 9.17) is 9.47 Å². The molecule has 1 aromatic rings. The minimum Gasteiger partial charge on any atom is -0.491 e. The van der Waals surface area contributed by atoms with Crippen molar-refractivity contribution in [3.05, 3.63) is 24.3 Å². The third kappa shape index (κ3) is 5.02. The molecule has 0 unspecified atom stereocenters. The number of nitrogens with one attached hydrogen (secondary N) is 2. The summed E-state index contributed by atoms with van der Waals surface area (Å²) in [5.41, 5.74) is 0.749. The van der Waals surface area contributed by atoms with Crippen LogP contribution >= 0.6 is 0 Å². The van der Waals surface area contributed by atoms with Crippen molar-refractivity contribution in [2.75, 3.05) is 38.7 Å². The van der Waals surface area contributed by atoms with E-state index in [0.717, 1.165) is 43.8 Å². The van der Waals surface area contributed by atoms with Crippen LogP contribution in [0.2, 0.25) is 0 Å². The molecule has 1 aliphatic heterocycles. The summed E-state index contributed by atoms with van der Waals surface area (Å²) in [4.78, 5) is 12.3. The van der Waals surface area contributed by atoms with Crippen molar-refractivity contribution in [2.24, 2.45) is 5.92 Å². The van der Waals surface area contributed by atoms with Crippen molar-refractivity contribution in [1.29, 1.82) is 0 Å². The van der Waals surface area contributed by atoms with Gasteiger partial charge in [-0.15, -0.1) is 0 Å². The summed E-state index contributed by atoms with van der Waals surface area (Å²) in [6.07, 6.45) is 2.61. The first-order valence-corrected chi connectivity index (χ1v) is 7.53. The lowest BCUT2D eigenvalue weighted by molar-refractivity contribution is -0.120.